The number of unbranched alkanes of at least 4 members (excludes halogenated alkanes) is 1. The molecule has 0 bridgehead atoms. The fourth-order valence-corrected chi connectivity index (χ4v) is 7.36. The largest absolute Gasteiger partial charge is 0.394 e. The van der Waals surface area contributed by atoms with Crippen LogP contribution in [0.1, 0.15) is 26.7 Å². The van der Waals surface area contributed by atoms with Crippen molar-refractivity contribution >= 4 is 29.5 Å². The Morgan fingerprint density at radius 2 is 1.97 bits per heavy atom. The molecule has 1 unspecified atom stereocenters. The maximum absolute atomic E-state index is 13.7. The van der Waals surface area contributed by atoms with Crippen molar-refractivity contribution in [2.75, 3.05) is 33.3 Å². The molecular weight excluding hydrogens is 402 g/mol. The van der Waals surface area contributed by atoms with Gasteiger partial charge in [-0.2, -0.15) is 0 Å². The molecule has 0 radical (unpaired) electrons. The molecule has 7 nitrogen and oxygen atoms in total. The van der Waals surface area contributed by atoms with Crippen molar-refractivity contribution in [3.8, 4) is 0 Å². The minimum atomic E-state index is -0.786. The van der Waals surface area contributed by atoms with Gasteiger partial charge in [-0.15, -0.1) is 11.8 Å². The monoisotopic (exact) mass is 433 g/mol. The van der Waals surface area contributed by atoms with Crippen molar-refractivity contribution in [1.82, 2.24) is 14.7 Å². The standard InChI is InChI=1S/C22H31N3O4S/c1-4-5-11-24-12-7-9-22-17(16-15(30-22)8-6-10-23(3)19(16)27)20(28)25(14(2)13-26)18(22)21(24)29/h6-9,14-18,26H,4-5,10-13H2,1-3H3/t14-,15+,16-,17+,18?,22+/m1/s1. The van der Waals surface area contributed by atoms with E-state index in [2.05, 4.69) is 6.92 Å². The normalized spacial score (nSPS) is 36.5. The zero-order valence-corrected chi connectivity index (χ0v) is 18.7. The van der Waals surface area contributed by atoms with E-state index in [1.54, 1.807) is 35.5 Å². The Morgan fingerprint density at radius 1 is 1.20 bits per heavy atom. The van der Waals surface area contributed by atoms with Gasteiger partial charge in [-0.1, -0.05) is 37.6 Å². The van der Waals surface area contributed by atoms with E-state index >= 15 is 0 Å². The third-order valence-electron chi connectivity index (χ3n) is 6.90. The molecule has 0 aromatic carbocycles. The van der Waals surface area contributed by atoms with E-state index < -0.39 is 28.7 Å². The van der Waals surface area contributed by atoms with Crippen LogP contribution in [0, 0.1) is 11.8 Å². The molecule has 1 spiro atoms. The molecule has 164 valence electrons. The lowest BCUT2D eigenvalue weighted by Crippen LogP contribution is -2.56. The van der Waals surface area contributed by atoms with Gasteiger partial charge >= 0.3 is 0 Å². The molecule has 3 amide bonds. The van der Waals surface area contributed by atoms with E-state index in [-0.39, 0.29) is 29.6 Å². The summed E-state index contributed by atoms with van der Waals surface area (Å²) in [6, 6.07) is -1.18. The molecule has 4 heterocycles. The summed E-state index contributed by atoms with van der Waals surface area (Å²) in [6.07, 6.45) is 9.91. The number of fused-ring (bicyclic) bond motifs is 2. The Bertz CT molecular complexity index is 799. The molecular formula is C22H31N3O4S. The second-order valence-electron chi connectivity index (χ2n) is 8.81. The number of nitrogens with zero attached hydrogens (tertiary/aromatic N) is 3. The van der Waals surface area contributed by atoms with Crippen LogP contribution in [0.25, 0.3) is 0 Å². The van der Waals surface area contributed by atoms with Crippen LogP contribution >= 0.6 is 11.8 Å². The van der Waals surface area contributed by atoms with Crippen LogP contribution in [-0.4, -0.2) is 92.9 Å². The molecule has 4 aliphatic heterocycles. The Kier molecular flexibility index (Phi) is 5.74. The lowest BCUT2D eigenvalue weighted by molar-refractivity contribution is -0.146. The second kappa shape index (κ2) is 8.04. The van der Waals surface area contributed by atoms with Crippen molar-refractivity contribution in [3.63, 3.8) is 0 Å². The number of aliphatic hydroxyl groups is 1. The fraction of sp³-hybridized carbons (Fsp3) is 0.682. The van der Waals surface area contributed by atoms with Crippen LogP contribution in [-0.2, 0) is 14.4 Å². The molecule has 4 rings (SSSR count). The Morgan fingerprint density at radius 3 is 2.67 bits per heavy atom. The predicted octanol–water partition coefficient (Wildman–Crippen LogP) is 0.891. The summed E-state index contributed by atoms with van der Waals surface area (Å²) in [5.74, 6) is -1.40. The third kappa shape index (κ3) is 3.02. The molecule has 0 aromatic rings. The fourth-order valence-electron chi connectivity index (χ4n) is 5.36. The number of aliphatic hydroxyl groups excluding tert-OH is 1. The van der Waals surface area contributed by atoms with Crippen LogP contribution in [0.15, 0.2) is 24.3 Å². The lowest BCUT2D eigenvalue weighted by Gasteiger charge is -2.37. The molecule has 1 N–H and O–H groups in total. The quantitative estimate of drug-likeness (QED) is 0.652. The van der Waals surface area contributed by atoms with E-state index in [9.17, 15) is 19.5 Å². The Hall–Kier alpha value is -1.80. The van der Waals surface area contributed by atoms with Gasteiger partial charge in [0.25, 0.3) is 0 Å². The minimum Gasteiger partial charge on any atom is -0.394 e. The van der Waals surface area contributed by atoms with Crippen molar-refractivity contribution < 1.29 is 19.5 Å². The lowest BCUT2D eigenvalue weighted by atomic mass is 9.78. The van der Waals surface area contributed by atoms with Crippen molar-refractivity contribution in [3.05, 3.63) is 24.3 Å². The average molecular weight is 434 g/mol. The highest BCUT2D eigenvalue weighted by Crippen LogP contribution is 2.61. The molecule has 2 fully saturated rings. The summed E-state index contributed by atoms with van der Waals surface area (Å²) < 4.78 is -0.786. The predicted molar refractivity (Wildman–Crippen MR) is 116 cm³/mol. The Balaban J connectivity index is 1.82. The summed E-state index contributed by atoms with van der Waals surface area (Å²) >= 11 is 1.58. The third-order valence-corrected chi connectivity index (χ3v) is 8.65. The van der Waals surface area contributed by atoms with Crippen molar-refractivity contribution in [1.29, 1.82) is 0 Å². The van der Waals surface area contributed by atoms with Gasteiger partial charge in [0.1, 0.15) is 6.04 Å². The highest BCUT2D eigenvalue weighted by Gasteiger charge is 2.71. The molecule has 2 saturated heterocycles. The number of thioether (sulfide) groups is 1. The van der Waals surface area contributed by atoms with E-state index in [1.807, 2.05) is 29.2 Å². The first-order valence-electron chi connectivity index (χ1n) is 10.9. The molecule has 30 heavy (non-hydrogen) atoms. The number of carbonyl (C=O) groups excluding carboxylic acids is 3. The molecule has 0 saturated carbocycles. The van der Waals surface area contributed by atoms with E-state index in [0.717, 1.165) is 12.8 Å². The highest BCUT2D eigenvalue weighted by molar-refractivity contribution is 8.02. The number of hydrogen-bond acceptors (Lipinski definition) is 5. The van der Waals surface area contributed by atoms with Crippen LogP contribution in [0.2, 0.25) is 0 Å². The van der Waals surface area contributed by atoms with Crippen molar-refractivity contribution in [2.45, 2.75) is 48.8 Å². The van der Waals surface area contributed by atoms with E-state index in [0.29, 0.717) is 19.6 Å². The van der Waals surface area contributed by atoms with Gasteiger partial charge in [0.15, 0.2) is 0 Å². The topological polar surface area (TPSA) is 81.2 Å². The van der Waals surface area contributed by atoms with Crippen LogP contribution in [0.5, 0.6) is 0 Å². The van der Waals surface area contributed by atoms with E-state index in [1.165, 1.54) is 0 Å². The van der Waals surface area contributed by atoms with E-state index in [4.69, 9.17) is 0 Å². The molecule has 0 aromatic heterocycles. The summed E-state index contributed by atoms with van der Waals surface area (Å²) in [5, 5.41) is 9.74. The first-order chi connectivity index (χ1) is 14.4. The number of hydrogen-bond donors (Lipinski definition) is 1. The summed E-state index contributed by atoms with van der Waals surface area (Å²) in [5.41, 5.74) is 0. The average Bonchev–Trinajstić information content (AvgIpc) is 3.07. The number of rotatable bonds is 5. The van der Waals surface area contributed by atoms with Gasteiger partial charge in [-0.05, 0) is 13.3 Å². The van der Waals surface area contributed by atoms with Gasteiger partial charge in [0, 0.05) is 31.9 Å². The van der Waals surface area contributed by atoms with Crippen LogP contribution in [0.4, 0.5) is 0 Å². The molecule has 6 atom stereocenters. The smallest absolute Gasteiger partial charge is 0.247 e. The van der Waals surface area contributed by atoms with Crippen LogP contribution < -0.4 is 0 Å². The highest BCUT2D eigenvalue weighted by atomic mass is 32.2. The molecule has 8 heteroatoms. The second-order valence-corrected chi connectivity index (χ2v) is 10.3. The first kappa shape index (κ1) is 21.4. The molecule has 4 aliphatic rings. The van der Waals surface area contributed by atoms with Crippen LogP contribution in [0.3, 0.4) is 0 Å². The number of amides is 3. The number of likely N-dealkylation sites (tertiary alicyclic amines) is 1. The van der Waals surface area contributed by atoms with Gasteiger partial charge in [0.2, 0.25) is 17.7 Å². The summed E-state index contributed by atoms with van der Waals surface area (Å²) in [6.45, 7) is 5.33. The van der Waals surface area contributed by atoms with Gasteiger partial charge in [-0.25, -0.2) is 0 Å². The van der Waals surface area contributed by atoms with Gasteiger partial charge in [-0.3, -0.25) is 14.4 Å². The number of carbonyl (C=O) groups is 3. The maximum atomic E-state index is 13.7. The minimum absolute atomic E-state index is 0.0436. The summed E-state index contributed by atoms with van der Waals surface area (Å²) in [7, 11) is 1.76. The zero-order chi connectivity index (χ0) is 21.6. The zero-order valence-electron chi connectivity index (χ0n) is 17.9. The summed E-state index contributed by atoms with van der Waals surface area (Å²) in [4.78, 5) is 45.8. The first-order valence-corrected chi connectivity index (χ1v) is 11.7. The van der Waals surface area contributed by atoms with Crippen molar-refractivity contribution in [2.24, 2.45) is 11.8 Å². The maximum Gasteiger partial charge on any atom is 0.247 e. The Labute approximate surface area is 182 Å². The number of likely N-dealkylation sites (N-methyl/N-ethyl adjacent to an activating group) is 1. The SMILES string of the molecule is CCCCN1CC=C[C@]23S[C@H]4C=CCN(C)C(=O)[C@H]4[C@H]2C(=O)N([C@H](C)CO)C3C1=O. The van der Waals surface area contributed by atoms with Gasteiger partial charge < -0.3 is 19.8 Å². The molecule has 0 aliphatic carbocycles. The van der Waals surface area contributed by atoms with Gasteiger partial charge in [0.05, 0.1) is 29.2 Å².